The Labute approximate surface area is 95.0 Å². The molecule has 0 bridgehead atoms. The Morgan fingerprint density at radius 2 is 2.07 bits per heavy atom. The van der Waals surface area contributed by atoms with Gasteiger partial charge in [-0.15, -0.1) is 6.58 Å². The molecule has 0 aliphatic carbocycles. The molecule has 0 aromatic heterocycles. The van der Waals surface area contributed by atoms with E-state index >= 15 is 0 Å². The van der Waals surface area contributed by atoms with Crippen LogP contribution in [-0.4, -0.2) is 17.5 Å². The van der Waals surface area contributed by atoms with Gasteiger partial charge in [-0.3, -0.25) is 4.79 Å². The minimum absolute atomic E-state index is 0.0357. The van der Waals surface area contributed by atoms with E-state index in [1.165, 1.54) is 11.8 Å². The van der Waals surface area contributed by atoms with Crippen LogP contribution in [0.2, 0.25) is 0 Å². The Bertz CT molecular complexity index is 337. The first kappa shape index (κ1) is 11.9. The quantitative estimate of drug-likeness (QED) is 0.727. The zero-order valence-corrected chi connectivity index (χ0v) is 9.83. The van der Waals surface area contributed by atoms with Crippen LogP contribution in [-0.2, 0) is 0 Å². The van der Waals surface area contributed by atoms with Crippen molar-refractivity contribution in [3.05, 3.63) is 43.0 Å². The average molecular weight is 221 g/mol. The number of amides is 1. The van der Waals surface area contributed by atoms with Gasteiger partial charge in [-0.1, -0.05) is 36.0 Å². The standard InChI is InChI=1S/C12H15NOS/c1-4-10(2)15-12(14)13(3)11-8-6-5-7-9-11/h4-10H,1H2,2-3H3/t10-/m1/s1. The second kappa shape index (κ2) is 5.61. The molecular formula is C12H15NOS. The SMILES string of the molecule is C=C[C@@H](C)SC(=O)N(C)c1ccccc1. The molecule has 0 N–H and O–H groups in total. The van der Waals surface area contributed by atoms with E-state index < -0.39 is 0 Å². The van der Waals surface area contributed by atoms with Gasteiger partial charge in [-0.05, 0) is 19.1 Å². The molecule has 0 heterocycles. The highest BCUT2D eigenvalue weighted by atomic mass is 32.2. The normalized spacial score (nSPS) is 11.9. The minimum atomic E-state index is 0.0357. The molecule has 1 rings (SSSR count). The number of para-hydroxylation sites is 1. The number of hydrogen-bond acceptors (Lipinski definition) is 2. The molecule has 0 spiro atoms. The van der Waals surface area contributed by atoms with Crippen LogP contribution in [0.4, 0.5) is 10.5 Å². The molecule has 3 heteroatoms. The van der Waals surface area contributed by atoms with Crippen LogP contribution in [0.25, 0.3) is 0 Å². The molecule has 0 saturated heterocycles. The fraction of sp³-hybridized carbons (Fsp3) is 0.250. The first-order chi connectivity index (χ1) is 7.15. The van der Waals surface area contributed by atoms with Gasteiger partial charge >= 0.3 is 0 Å². The average Bonchev–Trinajstić information content (AvgIpc) is 2.29. The Morgan fingerprint density at radius 1 is 1.47 bits per heavy atom. The molecular weight excluding hydrogens is 206 g/mol. The number of carbonyl (C=O) groups is 1. The minimum Gasteiger partial charge on any atom is -0.306 e. The predicted octanol–water partition coefficient (Wildman–Crippen LogP) is 3.55. The van der Waals surface area contributed by atoms with E-state index in [9.17, 15) is 4.79 Å². The smallest absolute Gasteiger partial charge is 0.286 e. The number of hydrogen-bond donors (Lipinski definition) is 0. The zero-order valence-electron chi connectivity index (χ0n) is 9.01. The summed E-state index contributed by atoms with van der Waals surface area (Å²) in [5.74, 6) is 0. The Hall–Kier alpha value is -1.22. The van der Waals surface area contributed by atoms with Crippen molar-refractivity contribution >= 4 is 22.7 Å². The first-order valence-electron chi connectivity index (χ1n) is 4.77. The van der Waals surface area contributed by atoms with E-state index in [-0.39, 0.29) is 10.5 Å². The third-order valence-electron chi connectivity index (χ3n) is 2.04. The Morgan fingerprint density at radius 3 is 2.60 bits per heavy atom. The summed E-state index contributed by atoms with van der Waals surface area (Å²) in [5, 5.41) is 0.178. The molecule has 1 atom stereocenters. The van der Waals surface area contributed by atoms with Gasteiger partial charge in [0.2, 0.25) is 0 Å². The molecule has 2 nitrogen and oxygen atoms in total. The second-order valence-electron chi connectivity index (χ2n) is 3.22. The van der Waals surface area contributed by atoms with Crippen molar-refractivity contribution in [1.82, 2.24) is 0 Å². The maximum absolute atomic E-state index is 11.8. The lowest BCUT2D eigenvalue weighted by molar-refractivity contribution is 0.266. The van der Waals surface area contributed by atoms with Gasteiger partial charge in [0, 0.05) is 18.0 Å². The summed E-state index contributed by atoms with van der Waals surface area (Å²) in [7, 11) is 1.78. The summed E-state index contributed by atoms with van der Waals surface area (Å²) in [6, 6.07) is 9.59. The third-order valence-corrected chi connectivity index (χ3v) is 3.08. The van der Waals surface area contributed by atoms with E-state index in [2.05, 4.69) is 6.58 Å². The van der Waals surface area contributed by atoms with E-state index in [1.54, 1.807) is 18.0 Å². The van der Waals surface area contributed by atoms with E-state index in [4.69, 9.17) is 0 Å². The van der Waals surface area contributed by atoms with E-state index in [1.807, 2.05) is 37.3 Å². The summed E-state index contributed by atoms with van der Waals surface area (Å²) in [6.45, 7) is 5.61. The fourth-order valence-electron chi connectivity index (χ4n) is 1.04. The van der Waals surface area contributed by atoms with Crippen LogP contribution in [0.1, 0.15) is 6.92 Å². The summed E-state index contributed by atoms with van der Waals surface area (Å²) in [4.78, 5) is 13.4. The van der Waals surface area contributed by atoms with Gasteiger partial charge in [-0.2, -0.15) is 0 Å². The van der Waals surface area contributed by atoms with Crippen molar-refractivity contribution in [2.24, 2.45) is 0 Å². The third kappa shape index (κ3) is 3.44. The summed E-state index contributed by atoms with van der Waals surface area (Å²) in [6.07, 6.45) is 1.77. The second-order valence-corrected chi connectivity index (χ2v) is 4.55. The van der Waals surface area contributed by atoms with Gasteiger partial charge in [0.05, 0.1) is 0 Å². The topological polar surface area (TPSA) is 20.3 Å². The van der Waals surface area contributed by atoms with Gasteiger partial charge in [0.25, 0.3) is 5.24 Å². The maximum atomic E-state index is 11.8. The number of nitrogens with zero attached hydrogens (tertiary/aromatic N) is 1. The molecule has 0 aliphatic heterocycles. The maximum Gasteiger partial charge on any atom is 0.286 e. The number of benzene rings is 1. The van der Waals surface area contributed by atoms with Crippen molar-refractivity contribution in [3.63, 3.8) is 0 Å². The summed E-state index contributed by atoms with van der Waals surface area (Å²) in [5.41, 5.74) is 0.909. The van der Waals surface area contributed by atoms with Crippen LogP contribution in [0.3, 0.4) is 0 Å². The molecule has 0 unspecified atom stereocenters. The van der Waals surface area contributed by atoms with Crippen LogP contribution in [0, 0.1) is 0 Å². The largest absolute Gasteiger partial charge is 0.306 e. The molecule has 0 fully saturated rings. The predicted molar refractivity (Wildman–Crippen MR) is 67.5 cm³/mol. The molecule has 0 radical (unpaired) electrons. The van der Waals surface area contributed by atoms with Crippen molar-refractivity contribution < 1.29 is 4.79 Å². The first-order valence-corrected chi connectivity index (χ1v) is 5.65. The van der Waals surface area contributed by atoms with Crippen molar-refractivity contribution in [2.45, 2.75) is 12.2 Å². The number of thioether (sulfide) groups is 1. The van der Waals surface area contributed by atoms with Crippen molar-refractivity contribution in [3.8, 4) is 0 Å². The van der Waals surface area contributed by atoms with Gasteiger partial charge in [0.1, 0.15) is 0 Å². The lowest BCUT2D eigenvalue weighted by Crippen LogP contribution is -2.22. The van der Waals surface area contributed by atoms with E-state index in [0.717, 1.165) is 5.69 Å². The Balaban J connectivity index is 2.65. The van der Waals surface area contributed by atoms with Crippen LogP contribution in [0.15, 0.2) is 43.0 Å². The molecule has 1 aromatic rings. The number of rotatable bonds is 3. The van der Waals surface area contributed by atoms with Crippen molar-refractivity contribution in [1.29, 1.82) is 0 Å². The van der Waals surface area contributed by atoms with Crippen molar-refractivity contribution in [2.75, 3.05) is 11.9 Å². The highest BCUT2D eigenvalue weighted by molar-refractivity contribution is 8.14. The molecule has 1 amide bonds. The summed E-state index contributed by atoms with van der Waals surface area (Å²) >= 11 is 1.27. The number of carbonyl (C=O) groups excluding carboxylic acids is 1. The molecule has 0 aliphatic rings. The van der Waals surface area contributed by atoms with Crippen LogP contribution in [0.5, 0.6) is 0 Å². The van der Waals surface area contributed by atoms with Crippen LogP contribution < -0.4 is 4.90 Å². The Kier molecular flexibility index (Phi) is 4.43. The highest BCUT2D eigenvalue weighted by Gasteiger charge is 2.13. The van der Waals surface area contributed by atoms with Gasteiger partial charge < -0.3 is 4.90 Å². The molecule has 15 heavy (non-hydrogen) atoms. The van der Waals surface area contributed by atoms with Crippen LogP contribution >= 0.6 is 11.8 Å². The number of anilines is 1. The molecule has 1 aromatic carbocycles. The van der Waals surface area contributed by atoms with Gasteiger partial charge in [-0.25, -0.2) is 0 Å². The fourth-order valence-corrected chi connectivity index (χ4v) is 1.72. The summed E-state index contributed by atoms with van der Waals surface area (Å²) < 4.78 is 0. The highest BCUT2D eigenvalue weighted by Crippen LogP contribution is 2.20. The van der Waals surface area contributed by atoms with Gasteiger partial charge in [0.15, 0.2) is 0 Å². The monoisotopic (exact) mass is 221 g/mol. The molecule has 80 valence electrons. The lowest BCUT2D eigenvalue weighted by atomic mass is 10.3. The molecule has 0 saturated carbocycles. The lowest BCUT2D eigenvalue weighted by Gasteiger charge is -2.17. The van der Waals surface area contributed by atoms with E-state index in [0.29, 0.717) is 0 Å². The zero-order chi connectivity index (χ0) is 11.3.